The minimum Gasteiger partial charge on any atom is -0.424 e. The smallest absolute Gasteiger partial charge is 0.322 e. The number of benzene rings is 2. The van der Waals surface area contributed by atoms with Crippen molar-refractivity contribution in [1.29, 1.82) is 0 Å². The van der Waals surface area contributed by atoms with Crippen LogP contribution in [0.2, 0.25) is 0 Å². The summed E-state index contributed by atoms with van der Waals surface area (Å²) in [6.45, 7) is 0.807. The summed E-state index contributed by atoms with van der Waals surface area (Å²) in [5, 5.41) is 5.70. The Bertz CT molecular complexity index is 1200. The molecule has 0 fully saturated rings. The number of nitrogens with two attached hydrogens (primary N) is 1. The molecule has 0 saturated carbocycles. The summed E-state index contributed by atoms with van der Waals surface area (Å²) in [6, 6.07) is 11.7. The van der Waals surface area contributed by atoms with E-state index in [1.165, 1.54) is 0 Å². The Kier molecular flexibility index (Phi) is 4.40. The van der Waals surface area contributed by atoms with Crippen molar-refractivity contribution < 1.29 is 9.53 Å². The monoisotopic (exact) mass is 376 g/mol. The van der Waals surface area contributed by atoms with E-state index in [0.717, 1.165) is 17.5 Å². The molecule has 8 heteroatoms. The molecule has 0 aliphatic rings. The summed E-state index contributed by atoms with van der Waals surface area (Å²) >= 11 is 0. The van der Waals surface area contributed by atoms with Crippen LogP contribution in [0.1, 0.15) is 16.1 Å². The average Bonchev–Trinajstić information content (AvgIpc) is 2.99. The standard InChI is InChI=1S/C20H20N6O2/c1-25(2)11-12-5-4-6-14(9-12)28-20-22-10-13-7-8-15-17(19(21)27)24-26(3)18(15)16(13)23-20/h4-10H,11H2,1-3H3,(H2,21,27). The van der Waals surface area contributed by atoms with E-state index in [1.807, 2.05) is 44.4 Å². The molecule has 0 radical (unpaired) electrons. The Hall–Kier alpha value is -3.52. The Balaban J connectivity index is 1.77. The summed E-state index contributed by atoms with van der Waals surface area (Å²) in [6.07, 6.45) is 1.69. The van der Waals surface area contributed by atoms with Gasteiger partial charge in [-0.2, -0.15) is 10.1 Å². The van der Waals surface area contributed by atoms with Crippen LogP contribution >= 0.6 is 0 Å². The van der Waals surface area contributed by atoms with Crippen molar-refractivity contribution in [2.45, 2.75) is 6.54 Å². The van der Waals surface area contributed by atoms with Crippen LogP contribution in [-0.2, 0) is 13.6 Å². The van der Waals surface area contributed by atoms with Crippen LogP contribution < -0.4 is 10.5 Å². The minimum absolute atomic E-state index is 0.219. The lowest BCUT2D eigenvalue weighted by Crippen LogP contribution is -2.12. The maximum atomic E-state index is 11.7. The third-order valence-electron chi connectivity index (χ3n) is 4.37. The summed E-state index contributed by atoms with van der Waals surface area (Å²) in [5.74, 6) is 0.0851. The normalized spacial score (nSPS) is 11.4. The van der Waals surface area contributed by atoms with Gasteiger partial charge in [0.05, 0.1) is 5.52 Å². The molecular weight excluding hydrogens is 356 g/mol. The van der Waals surface area contributed by atoms with Crippen molar-refractivity contribution in [3.05, 3.63) is 53.9 Å². The highest BCUT2D eigenvalue weighted by Crippen LogP contribution is 2.28. The average molecular weight is 376 g/mol. The first-order valence-electron chi connectivity index (χ1n) is 8.76. The third kappa shape index (κ3) is 3.25. The van der Waals surface area contributed by atoms with Crippen LogP contribution in [0.15, 0.2) is 42.6 Å². The van der Waals surface area contributed by atoms with Crippen molar-refractivity contribution in [3.8, 4) is 11.8 Å². The van der Waals surface area contributed by atoms with Gasteiger partial charge in [-0.25, -0.2) is 4.98 Å². The molecule has 2 heterocycles. The zero-order valence-corrected chi connectivity index (χ0v) is 15.9. The molecule has 0 bridgehead atoms. The second-order valence-corrected chi connectivity index (χ2v) is 6.88. The number of hydrogen-bond donors (Lipinski definition) is 1. The molecule has 0 atom stereocenters. The summed E-state index contributed by atoms with van der Waals surface area (Å²) < 4.78 is 7.49. The Labute approximate surface area is 161 Å². The summed E-state index contributed by atoms with van der Waals surface area (Å²) in [5.41, 5.74) is 8.15. The molecule has 0 spiro atoms. The lowest BCUT2D eigenvalue weighted by Gasteiger charge is -2.11. The second kappa shape index (κ2) is 6.90. The number of carbonyl (C=O) groups excluding carboxylic acids is 1. The third-order valence-corrected chi connectivity index (χ3v) is 4.37. The number of nitrogens with zero attached hydrogens (tertiary/aromatic N) is 5. The van der Waals surface area contributed by atoms with E-state index in [1.54, 1.807) is 24.0 Å². The molecule has 28 heavy (non-hydrogen) atoms. The van der Waals surface area contributed by atoms with Gasteiger partial charge in [0.1, 0.15) is 11.3 Å². The second-order valence-electron chi connectivity index (χ2n) is 6.88. The van der Waals surface area contributed by atoms with Gasteiger partial charge in [0.2, 0.25) is 0 Å². The first-order valence-corrected chi connectivity index (χ1v) is 8.76. The van der Waals surface area contributed by atoms with E-state index < -0.39 is 5.91 Å². The maximum absolute atomic E-state index is 11.7. The van der Waals surface area contributed by atoms with Gasteiger partial charge in [-0.1, -0.05) is 18.2 Å². The quantitative estimate of drug-likeness (QED) is 0.574. The zero-order valence-electron chi connectivity index (χ0n) is 15.9. The van der Waals surface area contributed by atoms with E-state index >= 15 is 0 Å². The van der Waals surface area contributed by atoms with Gasteiger partial charge in [-0.15, -0.1) is 0 Å². The molecule has 2 aromatic carbocycles. The number of fused-ring (bicyclic) bond motifs is 3. The predicted octanol–water partition coefficient (Wildman–Crippen LogP) is 2.47. The SMILES string of the molecule is CN(C)Cc1cccc(Oc2ncc3ccc4c(C(N)=O)nn(C)c4c3n2)c1. The highest BCUT2D eigenvalue weighted by molar-refractivity contribution is 6.11. The van der Waals surface area contributed by atoms with Crippen LogP contribution in [0.5, 0.6) is 11.8 Å². The number of hydrogen-bond acceptors (Lipinski definition) is 6. The zero-order chi connectivity index (χ0) is 19.8. The molecule has 2 aromatic heterocycles. The highest BCUT2D eigenvalue weighted by Gasteiger charge is 2.17. The van der Waals surface area contributed by atoms with Gasteiger partial charge < -0.3 is 15.4 Å². The molecule has 4 rings (SSSR count). The molecular formula is C20H20N6O2. The number of aryl methyl sites for hydroxylation is 1. The largest absolute Gasteiger partial charge is 0.424 e. The van der Waals surface area contributed by atoms with Gasteiger partial charge in [-0.05, 0) is 37.9 Å². The first-order chi connectivity index (χ1) is 13.4. The molecule has 8 nitrogen and oxygen atoms in total. The van der Waals surface area contributed by atoms with Gasteiger partial charge in [-0.3, -0.25) is 9.48 Å². The molecule has 0 aliphatic heterocycles. The number of rotatable bonds is 5. The molecule has 2 N–H and O–H groups in total. The number of amides is 1. The number of carbonyl (C=O) groups is 1. The van der Waals surface area contributed by atoms with Crippen LogP contribution in [0, 0.1) is 0 Å². The molecule has 142 valence electrons. The van der Waals surface area contributed by atoms with Crippen molar-refractivity contribution in [2.75, 3.05) is 14.1 Å². The molecule has 1 amide bonds. The first kappa shape index (κ1) is 17.9. The number of ether oxygens (including phenoxy) is 1. The van der Waals surface area contributed by atoms with E-state index in [9.17, 15) is 4.79 Å². The fraction of sp³-hybridized carbons (Fsp3) is 0.200. The Morgan fingerprint density at radius 1 is 1.25 bits per heavy atom. The summed E-state index contributed by atoms with van der Waals surface area (Å²) in [4.78, 5) is 22.6. The predicted molar refractivity (Wildman–Crippen MR) is 106 cm³/mol. The lowest BCUT2D eigenvalue weighted by molar-refractivity contribution is 0.0996. The highest BCUT2D eigenvalue weighted by atomic mass is 16.5. The number of primary amides is 1. The van der Waals surface area contributed by atoms with E-state index in [2.05, 4.69) is 20.0 Å². The van der Waals surface area contributed by atoms with Gasteiger partial charge in [0, 0.05) is 30.6 Å². The lowest BCUT2D eigenvalue weighted by atomic mass is 10.1. The van der Waals surface area contributed by atoms with Crippen molar-refractivity contribution in [1.82, 2.24) is 24.6 Å². The van der Waals surface area contributed by atoms with E-state index in [-0.39, 0.29) is 11.7 Å². The van der Waals surface area contributed by atoms with Crippen molar-refractivity contribution in [3.63, 3.8) is 0 Å². The molecule has 0 unspecified atom stereocenters. The topological polar surface area (TPSA) is 99.2 Å². The molecule has 0 saturated heterocycles. The van der Waals surface area contributed by atoms with Crippen LogP contribution in [0.3, 0.4) is 0 Å². The fourth-order valence-electron chi connectivity index (χ4n) is 3.25. The Morgan fingerprint density at radius 2 is 2.07 bits per heavy atom. The maximum Gasteiger partial charge on any atom is 0.322 e. The van der Waals surface area contributed by atoms with Crippen LogP contribution in [0.4, 0.5) is 0 Å². The van der Waals surface area contributed by atoms with Gasteiger partial charge >= 0.3 is 6.01 Å². The van der Waals surface area contributed by atoms with Crippen molar-refractivity contribution in [2.24, 2.45) is 12.8 Å². The van der Waals surface area contributed by atoms with Crippen LogP contribution in [-0.4, -0.2) is 44.7 Å². The number of aromatic nitrogens is 4. The molecule has 4 aromatic rings. The van der Waals surface area contributed by atoms with Gasteiger partial charge in [0.15, 0.2) is 5.69 Å². The minimum atomic E-state index is -0.576. The van der Waals surface area contributed by atoms with Crippen molar-refractivity contribution >= 4 is 27.7 Å². The summed E-state index contributed by atoms with van der Waals surface area (Å²) in [7, 11) is 5.78. The van der Waals surface area contributed by atoms with E-state index in [0.29, 0.717) is 22.2 Å². The molecule has 0 aliphatic carbocycles. The van der Waals surface area contributed by atoms with E-state index in [4.69, 9.17) is 10.5 Å². The Morgan fingerprint density at radius 3 is 2.82 bits per heavy atom. The van der Waals surface area contributed by atoms with Gasteiger partial charge in [0.25, 0.3) is 5.91 Å². The fourth-order valence-corrected chi connectivity index (χ4v) is 3.25. The van der Waals surface area contributed by atoms with Crippen LogP contribution in [0.25, 0.3) is 21.8 Å².